The molecule has 4 N–H and O–H groups in total. The Balaban J connectivity index is 1.62. The van der Waals surface area contributed by atoms with Crippen LogP contribution < -0.4 is 16.2 Å². The normalized spacial score (nSPS) is 16.0. The van der Waals surface area contributed by atoms with Crippen molar-refractivity contribution in [3.8, 4) is 16.2 Å². The lowest BCUT2D eigenvalue weighted by molar-refractivity contribution is 0.202. The van der Waals surface area contributed by atoms with Gasteiger partial charge in [-0.3, -0.25) is 4.90 Å². The van der Waals surface area contributed by atoms with Crippen LogP contribution in [0.1, 0.15) is 24.1 Å². The fourth-order valence-electron chi connectivity index (χ4n) is 4.32. The zero-order chi connectivity index (χ0) is 20.8. The van der Waals surface area contributed by atoms with Gasteiger partial charge >= 0.3 is 0 Å². The Bertz CT molecular complexity index is 1220. The largest absolute Gasteiger partial charge is 0.495 e. The van der Waals surface area contributed by atoms with Crippen LogP contribution in [0.3, 0.4) is 0 Å². The molecule has 30 heavy (non-hydrogen) atoms. The topological polar surface area (TPSA) is 94.7 Å². The van der Waals surface area contributed by atoms with E-state index in [1.807, 2.05) is 4.52 Å². The van der Waals surface area contributed by atoms with Gasteiger partial charge < -0.3 is 16.2 Å². The molecule has 1 aliphatic heterocycles. The molecule has 0 unspecified atom stereocenters. The number of rotatable bonds is 4. The number of ether oxygens (including phenoxy) is 1. The Labute approximate surface area is 179 Å². The number of piperidine rings is 1. The second kappa shape index (κ2) is 7.54. The maximum Gasteiger partial charge on any atom is 0.152 e. The van der Waals surface area contributed by atoms with E-state index in [0.717, 1.165) is 64.6 Å². The molecule has 8 heteroatoms. The second-order valence-corrected chi connectivity index (χ2v) is 9.12. The summed E-state index contributed by atoms with van der Waals surface area (Å²) < 4.78 is 8.70. The van der Waals surface area contributed by atoms with E-state index in [2.05, 4.69) is 46.2 Å². The van der Waals surface area contributed by atoms with Gasteiger partial charge in [0.2, 0.25) is 0 Å². The Hall–Kier alpha value is -2.68. The SMILES string of the molecule is COc1cc(C)cc2cc(-c3cc(CN4CCC(N)CC4)n4ncnc(N)c34)sc12. The molecule has 4 heterocycles. The number of anilines is 1. The Morgan fingerprint density at radius 3 is 2.77 bits per heavy atom. The second-order valence-electron chi connectivity index (χ2n) is 8.06. The maximum atomic E-state index is 6.31. The average molecular weight is 423 g/mol. The van der Waals surface area contributed by atoms with Gasteiger partial charge in [0.15, 0.2) is 5.82 Å². The number of thiophene rings is 1. The van der Waals surface area contributed by atoms with Crippen molar-refractivity contribution in [3.63, 3.8) is 0 Å². The minimum atomic E-state index is 0.316. The molecule has 0 aliphatic carbocycles. The number of nitrogens with zero attached hydrogens (tertiary/aromatic N) is 4. The van der Waals surface area contributed by atoms with Crippen molar-refractivity contribution in [1.29, 1.82) is 0 Å². The van der Waals surface area contributed by atoms with E-state index in [4.69, 9.17) is 16.2 Å². The first-order valence-electron chi connectivity index (χ1n) is 10.2. The van der Waals surface area contributed by atoms with Crippen molar-refractivity contribution < 1.29 is 4.74 Å². The summed E-state index contributed by atoms with van der Waals surface area (Å²) in [5, 5.41) is 5.70. The fourth-order valence-corrected chi connectivity index (χ4v) is 5.47. The summed E-state index contributed by atoms with van der Waals surface area (Å²) in [7, 11) is 1.72. The molecule has 0 atom stereocenters. The van der Waals surface area contributed by atoms with E-state index in [1.54, 1.807) is 18.4 Å². The first-order valence-corrected chi connectivity index (χ1v) is 11.0. The smallest absolute Gasteiger partial charge is 0.152 e. The molecule has 0 amide bonds. The molecule has 0 bridgehead atoms. The third-order valence-electron chi connectivity index (χ3n) is 5.89. The molecule has 1 saturated heterocycles. The van der Waals surface area contributed by atoms with E-state index in [9.17, 15) is 0 Å². The highest BCUT2D eigenvalue weighted by atomic mass is 32.1. The zero-order valence-electron chi connectivity index (χ0n) is 17.3. The van der Waals surface area contributed by atoms with Gasteiger partial charge in [-0.05, 0) is 48.9 Å². The number of aromatic nitrogens is 3. The third kappa shape index (κ3) is 3.30. The summed E-state index contributed by atoms with van der Waals surface area (Å²) in [5.41, 5.74) is 16.6. The molecule has 1 fully saturated rings. The van der Waals surface area contributed by atoms with Crippen molar-refractivity contribution in [2.75, 3.05) is 25.9 Å². The number of benzene rings is 1. The van der Waals surface area contributed by atoms with Gasteiger partial charge in [0.05, 0.1) is 17.5 Å². The van der Waals surface area contributed by atoms with E-state index >= 15 is 0 Å². The zero-order valence-corrected chi connectivity index (χ0v) is 18.1. The monoisotopic (exact) mass is 422 g/mol. The highest BCUT2D eigenvalue weighted by molar-refractivity contribution is 7.22. The van der Waals surface area contributed by atoms with Crippen LogP contribution in [0.15, 0.2) is 30.6 Å². The fraction of sp³-hybridized carbons (Fsp3) is 0.364. The Morgan fingerprint density at radius 1 is 1.20 bits per heavy atom. The molecule has 7 nitrogen and oxygen atoms in total. The molecule has 156 valence electrons. The molecule has 1 aliphatic rings. The van der Waals surface area contributed by atoms with Gasteiger partial charge in [-0.15, -0.1) is 11.3 Å². The van der Waals surface area contributed by atoms with Crippen LogP contribution in [-0.2, 0) is 6.54 Å². The Kier molecular flexibility index (Phi) is 4.85. The summed E-state index contributed by atoms with van der Waals surface area (Å²) in [6.45, 7) is 4.91. The molecule has 1 aromatic carbocycles. The van der Waals surface area contributed by atoms with Crippen LogP contribution in [0.2, 0.25) is 0 Å². The first kappa shape index (κ1) is 19.3. The van der Waals surface area contributed by atoms with Gasteiger partial charge in [-0.2, -0.15) is 5.10 Å². The number of hydrogen-bond donors (Lipinski definition) is 2. The van der Waals surface area contributed by atoms with Gasteiger partial charge in [0.25, 0.3) is 0 Å². The van der Waals surface area contributed by atoms with Gasteiger partial charge in [-0.25, -0.2) is 9.50 Å². The van der Waals surface area contributed by atoms with Crippen LogP contribution in [0.5, 0.6) is 5.75 Å². The van der Waals surface area contributed by atoms with Crippen LogP contribution in [-0.4, -0.2) is 45.7 Å². The highest BCUT2D eigenvalue weighted by Gasteiger charge is 2.21. The first-order chi connectivity index (χ1) is 14.5. The van der Waals surface area contributed by atoms with E-state index in [-0.39, 0.29) is 0 Å². The van der Waals surface area contributed by atoms with Crippen molar-refractivity contribution in [1.82, 2.24) is 19.5 Å². The number of hydrogen-bond acceptors (Lipinski definition) is 7. The summed E-state index contributed by atoms with van der Waals surface area (Å²) in [5.74, 6) is 1.39. The Morgan fingerprint density at radius 2 is 2.00 bits per heavy atom. The number of nitrogens with two attached hydrogens (primary N) is 2. The van der Waals surface area contributed by atoms with Crippen LogP contribution >= 0.6 is 11.3 Å². The number of fused-ring (bicyclic) bond motifs is 2. The predicted octanol–water partition coefficient (Wildman–Crippen LogP) is 3.43. The minimum absolute atomic E-state index is 0.316. The lowest BCUT2D eigenvalue weighted by Crippen LogP contribution is -2.39. The van der Waals surface area contributed by atoms with E-state index in [1.165, 1.54) is 17.3 Å². The highest BCUT2D eigenvalue weighted by Crippen LogP contribution is 2.42. The third-order valence-corrected chi connectivity index (χ3v) is 7.08. The maximum absolute atomic E-state index is 6.31. The molecule has 0 spiro atoms. The summed E-state index contributed by atoms with van der Waals surface area (Å²) in [6, 6.07) is 8.99. The molecule has 3 aromatic heterocycles. The van der Waals surface area contributed by atoms with Crippen molar-refractivity contribution >= 4 is 32.8 Å². The minimum Gasteiger partial charge on any atom is -0.495 e. The van der Waals surface area contributed by atoms with E-state index < -0.39 is 0 Å². The summed E-state index contributed by atoms with van der Waals surface area (Å²) in [4.78, 5) is 7.83. The molecule has 4 aromatic rings. The summed E-state index contributed by atoms with van der Waals surface area (Å²) >= 11 is 1.71. The summed E-state index contributed by atoms with van der Waals surface area (Å²) in [6.07, 6.45) is 3.59. The van der Waals surface area contributed by atoms with Crippen LogP contribution in [0.4, 0.5) is 5.82 Å². The van der Waals surface area contributed by atoms with Crippen LogP contribution in [0.25, 0.3) is 26.0 Å². The van der Waals surface area contributed by atoms with Gasteiger partial charge in [-0.1, -0.05) is 6.07 Å². The molecular formula is C22H26N6OS. The molecule has 5 rings (SSSR count). The quantitative estimate of drug-likeness (QED) is 0.523. The molecular weight excluding hydrogens is 396 g/mol. The van der Waals surface area contributed by atoms with Gasteiger partial charge in [0.1, 0.15) is 17.6 Å². The number of nitrogen functional groups attached to an aromatic ring is 1. The lowest BCUT2D eigenvalue weighted by Gasteiger charge is -2.29. The standard InChI is InChI=1S/C22H26N6OS/c1-13-7-14-9-19(30-21(14)18(8-13)29-2)17-10-16(11-27-5-3-15(23)4-6-27)28-20(17)22(24)25-12-26-28/h7-10,12,15H,3-6,11,23H2,1-2H3,(H2,24,25,26). The van der Waals surface area contributed by atoms with Crippen molar-refractivity contribution in [2.24, 2.45) is 5.73 Å². The van der Waals surface area contributed by atoms with Gasteiger partial charge in [0, 0.05) is 36.1 Å². The average Bonchev–Trinajstić information content (AvgIpc) is 3.31. The molecule has 0 radical (unpaired) electrons. The number of aryl methyl sites for hydroxylation is 1. The number of methoxy groups -OCH3 is 1. The number of likely N-dealkylation sites (tertiary alicyclic amines) is 1. The van der Waals surface area contributed by atoms with Crippen molar-refractivity contribution in [2.45, 2.75) is 32.4 Å². The van der Waals surface area contributed by atoms with E-state index in [0.29, 0.717) is 11.9 Å². The lowest BCUT2D eigenvalue weighted by atomic mass is 10.1. The van der Waals surface area contributed by atoms with Crippen molar-refractivity contribution in [3.05, 3.63) is 41.9 Å². The van der Waals surface area contributed by atoms with Crippen LogP contribution in [0, 0.1) is 6.92 Å². The molecule has 0 saturated carbocycles. The predicted molar refractivity (Wildman–Crippen MR) is 122 cm³/mol.